The van der Waals surface area contributed by atoms with Crippen molar-refractivity contribution >= 4 is 16.9 Å². The molecule has 0 aliphatic carbocycles. The number of aryl methyl sites for hydroxylation is 2. The zero-order valence-corrected chi connectivity index (χ0v) is 22.6. The number of benzene rings is 4. The maximum Gasteiger partial charge on any atom is 0.291 e. The molecule has 40 heavy (non-hydrogen) atoms. The van der Waals surface area contributed by atoms with Gasteiger partial charge in [0.2, 0.25) is 5.76 Å². The molecular formula is C34H29NO5. The molecule has 1 aliphatic heterocycles. The van der Waals surface area contributed by atoms with Crippen LogP contribution in [0.4, 0.5) is 0 Å². The molecule has 0 N–H and O–H groups in total. The first-order chi connectivity index (χ1) is 19.4. The molecule has 6 rings (SSSR count). The van der Waals surface area contributed by atoms with Crippen molar-refractivity contribution in [3.8, 4) is 11.5 Å². The van der Waals surface area contributed by atoms with Gasteiger partial charge in [0.25, 0.3) is 5.91 Å². The van der Waals surface area contributed by atoms with Crippen molar-refractivity contribution in [2.45, 2.75) is 33.0 Å². The van der Waals surface area contributed by atoms with Gasteiger partial charge in [-0.05, 0) is 72.0 Å². The summed E-state index contributed by atoms with van der Waals surface area (Å²) in [5.74, 6) is 1.17. The number of rotatable bonds is 7. The predicted octanol–water partition coefficient (Wildman–Crippen LogP) is 6.74. The van der Waals surface area contributed by atoms with Crippen molar-refractivity contribution in [1.82, 2.24) is 4.90 Å². The molecule has 0 fully saturated rings. The van der Waals surface area contributed by atoms with Gasteiger partial charge in [-0.25, -0.2) is 0 Å². The summed E-state index contributed by atoms with van der Waals surface area (Å²) >= 11 is 0. The largest absolute Gasteiger partial charge is 0.497 e. The van der Waals surface area contributed by atoms with Crippen LogP contribution < -0.4 is 14.9 Å². The molecule has 1 amide bonds. The first-order valence-electron chi connectivity index (χ1n) is 13.2. The standard InChI is InChI=1S/C34H29NO5/c1-21-16-22(2)32-28(17-21)31(36)29-30(25-10-7-11-27(18-25)39-20-24-8-5-4-6-9-24)35(34(37)33(29)40-32)19-23-12-14-26(38-3)15-13-23/h4-18,30H,19-20H2,1-3H3. The van der Waals surface area contributed by atoms with Crippen molar-refractivity contribution < 1.29 is 18.7 Å². The molecule has 2 heterocycles. The molecule has 0 bridgehead atoms. The van der Waals surface area contributed by atoms with Crippen LogP contribution in [-0.4, -0.2) is 17.9 Å². The van der Waals surface area contributed by atoms with E-state index in [4.69, 9.17) is 13.9 Å². The molecule has 200 valence electrons. The quantitative estimate of drug-likeness (QED) is 0.233. The summed E-state index contributed by atoms with van der Waals surface area (Å²) < 4.78 is 17.6. The van der Waals surface area contributed by atoms with E-state index < -0.39 is 6.04 Å². The smallest absolute Gasteiger partial charge is 0.291 e. The number of carbonyl (C=O) groups excluding carboxylic acids is 1. The van der Waals surface area contributed by atoms with Crippen molar-refractivity contribution in [1.29, 1.82) is 0 Å². The second-order valence-electron chi connectivity index (χ2n) is 10.2. The summed E-state index contributed by atoms with van der Waals surface area (Å²) in [4.78, 5) is 29.7. The number of carbonyl (C=O) groups is 1. The van der Waals surface area contributed by atoms with E-state index in [0.717, 1.165) is 33.6 Å². The normalized spacial score (nSPS) is 14.4. The van der Waals surface area contributed by atoms with Gasteiger partial charge < -0.3 is 18.8 Å². The zero-order valence-electron chi connectivity index (χ0n) is 22.6. The third kappa shape index (κ3) is 4.62. The topological polar surface area (TPSA) is 69.0 Å². The van der Waals surface area contributed by atoms with Gasteiger partial charge in [-0.15, -0.1) is 0 Å². The maximum absolute atomic E-state index is 14.0. The van der Waals surface area contributed by atoms with Gasteiger partial charge in [0.15, 0.2) is 5.43 Å². The van der Waals surface area contributed by atoms with E-state index in [-0.39, 0.29) is 17.1 Å². The van der Waals surface area contributed by atoms with Crippen LogP contribution in [0.2, 0.25) is 0 Å². The van der Waals surface area contributed by atoms with E-state index in [1.165, 1.54) is 0 Å². The van der Waals surface area contributed by atoms with Crippen LogP contribution in [0.25, 0.3) is 11.0 Å². The highest BCUT2D eigenvalue weighted by molar-refractivity contribution is 5.99. The van der Waals surface area contributed by atoms with Crippen molar-refractivity contribution in [3.63, 3.8) is 0 Å². The van der Waals surface area contributed by atoms with E-state index in [2.05, 4.69) is 0 Å². The van der Waals surface area contributed by atoms with Crippen LogP contribution in [0.5, 0.6) is 11.5 Å². The van der Waals surface area contributed by atoms with Crippen LogP contribution in [0.3, 0.4) is 0 Å². The van der Waals surface area contributed by atoms with Crippen molar-refractivity contribution in [3.05, 3.63) is 140 Å². The fraction of sp³-hybridized carbons (Fsp3) is 0.176. The minimum Gasteiger partial charge on any atom is -0.497 e. The first kappa shape index (κ1) is 25.4. The summed E-state index contributed by atoms with van der Waals surface area (Å²) in [6, 6.07) is 28.2. The lowest BCUT2D eigenvalue weighted by Crippen LogP contribution is -2.29. The monoisotopic (exact) mass is 531 g/mol. The molecule has 0 saturated heterocycles. The molecule has 0 saturated carbocycles. The number of methoxy groups -OCH3 is 1. The van der Waals surface area contributed by atoms with Gasteiger partial charge in [-0.1, -0.05) is 60.7 Å². The van der Waals surface area contributed by atoms with Gasteiger partial charge in [0.1, 0.15) is 23.7 Å². The summed E-state index contributed by atoms with van der Waals surface area (Å²) in [7, 11) is 1.62. The Bertz CT molecular complexity index is 1770. The average molecular weight is 532 g/mol. The van der Waals surface area contributed by atoms with Gasteiger partial charge in [0, 0.05) is 6.54 Å². The second kappa shape index (κ2) is 10.4. The first-order valence-corrected chi connectivity index (χ1v) is 13.2. The Labute approximate surface area is 232 Å². The lowest BCUT2D eigenvalue weighted by Gasteiger charge is -2.25. The summed E-state index contributed by atoms with van der Waals surface area (Å²) in [6.07, 6.45) is 0. The lowest BCUT2D eigenvalue weighted by atomic mass is 9.97. The van der Waals surface area contributed by atoms with E-state index in [1.54, 1.807) is 12.0 Å². The third-order valence-corrected chi connectivity index (χ3v) is 7.33. The Hall–Kier alpha value is -4.84. The third-order valence-electron chi connectivity index (χ3n) is 7.33. The van der Waals surface area contributed by atoms with Crippen molar-refractivity contribution in [2.24, 2.45) is 0 Å². The van der Waals surface area contributed by atoms with Gasteiger partial charge in [-0.2, -0.15) is 0 Å². The van der Waals surface area contributed by atoms with Gasteiger partial charge in [0.05, 0.1) is 24.1 Å². The van der Waals surface area contributed by atoms with Crippen molar-refractivity contribution in [2.75, 3.05) is 7.11 Å². The highest BCUT2D eigenvalue weighted by Crippen LogP contribution is 2.40. The Balaban J connectivity index is 1.46. The number of fused-ring (bicyclic) bond motifs is 2. The molecule has 1 unspecified atom stereocenters. The highest BCUT2D eigenvalue weighted by Gasteiger charge is 2.43. The molecule has 1 aliphatic rings. The van der Waals surface area contributed by atoms with E-state index in [1.807, 2.05) is 105 Å². The van der Waals surface area contributed by atoms with Crippen LogP contribution in [0, 0.1) is 13.8 Å². The Morgan fingerprint density at radius 2 is 1.60 bits per heavy atom. The molecular weight excluding hydrogens is 502 g/mol. The molecule has 1 atom stereocenters. The summed E-state index contributed by atoms with van der Waals surface area (Å²) in [5.41, 5.74) is 5.15. The molecule has 6 heteroatoms. The van der Waals surface area contributed by atoms with Crippen LogP contribution >= 0.6 is 0 Å². The summed E-state index contributed by atoms with van der Waals surface area (Å²) in [5, 5.41) is 0.483. The number of nitrogens with zero attached hydrogens (tertiary/aromatic N) is 1. The van der Waals surface area contributed by atoms with E-state index >= 15 is 0 Å². The van der Waals surface area contributed by atoms with Crippen LogP contribution in [0.15, 0.2) is 100 Å². The molecule has 1 aromatic heterocycles. The van der Waals surface area contributed by atoms with E-state index in [0.29, 0.717) is 35.4 Å². The molecule has 4 aromatic carbocycles. The SMILES string of the molecule is COc1ccc(CN2C(=O)c3oc4c(C)cc(C)cc4c(=O)c3C2c2cccc(OCc3ccccc3)c2)cc1. The lowest BCUT2D eigenvalue weighted by molar-refractivity contribution is 0.0714. The Morgan fingerprint density at radius 1 is 0.825 bits per heavy atom. The Morgan fingerprint density at radius 3 is 2.35 bits per heavy atom. The number of amides is 1. The maximum atomic E-state index is 14.0. The summed E-state index contributed by atoms with van der Waals surface area (Å²) in [6.45, 7) is 4.54. The number of hydrogen-bond acceptors (Lipinski definition) is 5. The molecule has 0 spiro atoms. The average Bonchev–Trinajstić information content (AvgIpc) is 3.25. The number of hydrogen-bond donors (Lipinski definition) is 0. The second-order valence-corrected chi connectivity index (χ2v) is 10.2. The molecule has 0 radical (unpaired) electrons. The molecule has 5 aromatic rings. The fourth-order valence-electron chi connectivity index (χ4n) is 5.43. The van der Waals surface area contributed by atoms with Crippen LogP contribution in [-0.2, 0) is 13.2 Å². The van der Waals surface area contributed by atoms with Crippen LogP contribution in [0.1, 0.15) is 50.0 Å². The fourth-order valence-corrected chi connectivity index (χ4v) is 5.43. The predicted molar refractivity (Wildman–Crippen MR) is 154 cm³/mol. The zero-order chi connectivity index (χ0) is 27.8. The van der Waals surface area contributed by atoms with Gasteiger partial charge >= 0.3 is 0 Å². The number of ether oxygens (including phenoxy) is 2. The minimum absolute atomic E-state index is 0.0959. The minimum atomic E-state index is -0.633. The van der Waals surface area contributed by atoms with E-state index in [9.17, 15) is 9.59 Å². The van der Waals surface area contributed by atoms with Gasteiger partial charge in [-0.3, -0.25) is 9.59 Å². The highest BCUT2D eigenvalue weighted by atomic mass is 16.5. The Kier molecular flexibility index (Phi) is 6.60. The molecule has 6 nitrogen and oxygen atoms in total.